The van der Waals surface area contributed by atoms with Crippen molar-refractivity contribution in [3.63, 3.8) is 0 Å². The van der Waals surface area contributed by atoms with Gasteiger partial charge in [0.25, 0.3) is 0 Å². The Morgan fingerprint density at radius 2 is 2.09 bits per heavy atom. The average Bonchev–Trinajstić information content (AvgIpc) is 2.80. The Morgan fingerprint density at radius 1 is 1.26 bits per heavy atom. The normalized spacial score (nSPS) is 14.1. The van der Waals surface area contributed by atoms with Gasteiger partial charge in [-0.2, -0.15) is 0 Å². The Balaban J connectivity index is 2.17. The van der Waals surface area contributed by atoms with Crippen LogP contribution in [0.4, 0.5) is 0 Å². The summed E-state index contributed by atoms with van der Waals surface area (Å²) in [6.45, 7) is 5.18. The highest BCUT2D eigenvalue weighted by atomic mass is 16.5. The second-order valence-corrected chi connectivity index (χ2v) is 6.10. The van der Waals surface area contributed by atoms with E-state index < -0.39 is 0 Å². The Kier molecular flexibility index (Phi) is 4.51. The van der Waals surface area contributed by atoms with E-state index >= 15 is 0 Å². The number of aromatic nitrogens is 1. The van der Waals surface area contributed by atoms with Crippen molar-refractivity contribution >= 4 is 22.7 Å². The number of benzene rings is 1. The number of unbranched alkanes of at least 4 members (excludes halogenated alkanes) is 1. The lowest BCUT2D eigenvalue weighted by Crippen LogP contribution is -2.07. The topological polar surface area (TPSA) is 48.3 Å². The minimum absolute atomic E-state index is 0.125. The minimum Gasteiger partial charge on any atom is -0.462 e. The zero-order chi connectivity index (χ0) is 16.4. The molecule has 0 fully saturated rings. The first-order chi connectivity index (χ1) is 11.2. The molecule has 1 aliphatic rings. The highest BCUT2D eigenvalue weighted by Gasteiger charge is 2.22. The van der Waals surface area contributed by atoms with Gasteiger partial charge in [0.05, 0.1) is 17.7 Å². The number of ether oxygens (including phenoxy) is 1. The maximum absolute atomic E-state index is 12.5. The van der Waals surface area contributed by atoms with E-state index in [4.69, 9.17) is 4.74 Å². The first kappa shape index (κ1) is 15.8. The van der Waals surface area contributed by atoms with Gasteiger partial charge in [-0.25, -0.2) is 4.79 Å². The van der Waals surface area contributed by atoms with Crippen LogP contribution in [0.2, 0.25) is 0 Å². The Morgan fingerprint density at radius 3 is 2.83 bits per heavy atom. The summed E-state index contributed by atoms with van der Waals surface area (Å²) < 4.78 is 7.38. The van der Waals surface area contributed by atoms with E-state index in [9.17, 15) is 9.59 Å². The molecule has 0 atom stereocenters. The zero-order valence-corrected chi connectivity index (χ0v) is 13.9. The number of aryl methyl sites for hydroxylation is 2. The number of carbonyl (C=O) groups excluding carboxylic acids is 2. The summed E-state index contributed by atoms with van der Waals surface area (Å²) in [7, 11) is 0. The average molecular weight is 313 g/mol. The van der Waals surface area contributed by atoms with Crippen LogP contribution in [-0.2, 0) is 17.7 Å². The summed E-state index contributed by atoms with van der Waals surface area (Å²) in [5.74, 6) is -0.231. The Hall–Kier alpha value is -2.10. The number of nitrogens with zero attached hydrogens (tertiary/aromatic N) is 1. The molecule has 0 saturated heterocycles. The first-order valence-electron chi connectivity index (χ1n) is 8.52. The predicted octanol–water partition coefficient (Wildman–Crippen LogP) is 4.14. The first-order valence-corrected chi connectivity index (χ1v) is 8.52. The molecule has 0 aliphatic carbocycles. The standard InChI is InChI=1S/C19H23NO3/c1-3-5-7-15-11-13-10-14(19(22)23-4-2)12-16-17(21)8-6-9-20(15)18(13)16/h10-12H,3-9H2,1-2H3. The molecule has 0 unspecified atom stereocenters. The summed E-state index contributed by atoms with van der Waals surface area (Å²) in [5, 5.41) is 0.979. The number of Topliss-reactive ketones (excluding diaryl/α,β-unsaturated/α-hetero) is 1. The van der Waals surface area contributed by atoms with Gasteiger partial charge in [-0.3, -0.25) is 4.79 Å². The van der Waals surface area contributed by atoms with E-state index in [0.29, 0.717) is 24.2 Å². The van der Waals surface area contributed by atoms with Crippen LogP contribution >= 0.6 is 0 Å². The van der Waals surface area contributed by atoms with Crippen molar-refractivity contribution in [3.8, 4) is 0 Å². The van der Waals surface area contributed by atoms with Gasteiger partial charge < -0.3 is 9.30 Å². The SMILES string of the molecule is CCCCc1cc2cc(C(=O)OCC)cc3c2n1CCCC3=O. The van der Waals surface area contributed by atoms with E-state index in [1.54, 1.807) is 13.0 Å². The maximum atomic E-state index is 12.5. The summed E-state index contributed by atoms with van der Waals surface area (Å²) in [6, 6.07) is 5.71. The molecule has 1 aromatic heterocycles. The molecule has 1 aliphatic heterocycles. The van der Waals surface area contributed by atoms with E-state index in [2.05, 4.69) is 17.6 Å². The van der Waals surface area contributed by atoms with Gasteiger partial charge in [0.2, 0.25) is 0 Å². The van der Waals surface area contributed by atoms with Crippen molar-refractivity contribution in [2.75, 3.05) is 6.61 Å². The second kappa shape index (κ2) is 6.57. The van der Waals surface area contributed by atoms with Gasteiger partial charge in [0, 0.05) is 29.6 Å². The van der Waals surface area contributed by atoms with Crippen LogP contribution in [0.5, 0.6) is 0 Å². The fraction of sp³-hybridized carbons (Fsp3) is 0.474. The molecule has 0 spiro atoms. The Labute approximate surface area is 136 Å². The predicted molar refractivity (Wildman–Crippen MR) is 90.1 cm³/mol. The quantitative estimate of drug-likeness (QED) is 0.780. The van der Waals surface area contributed by atoms with Gasteiger partial charge in [0.15, 0.2) is 5.78 Å². The van der Waals surface area contributed by atoms with Gasteiger partial charge in [-0.15, -0.1) is 0 Å². The summed E-state index contributed by atoms with van der Waals surface area (Å²) in [4.78, 5) is 24.6. The van der Waals surface area contributed by atoms with Crippen LogP contribution in [0.3, 0.4) is 0 Å². The van der Waals surface area contributed by atoms with E-state index in [1.807, 2.05) is 6.07 Å². The molecule has 4 nitrogen and oxygen atoms in total. The molecule has 2 aromatic rings. The van der Waals surface area contributed by atoms with E-state index in [1.165, 1.54) is 5.69 Å². The van der Waals surface area contributed by atoms with Gasteiger partial charge in [-0.05, 0) is 44.4 Å². The van der Waals surface area contributed by atoms with Crippen LogP contribution in [0.15, 0.2) is 18.2 Å². The maximum Gasteiger partial charge on any atom is 0.338 e. The van der Waals surface area contributed by atoms with Gasteiger partial charge in [0.1, 0.15) is 0 Å². The van der Waals surface area contributed by atoms with Crippen molar-refractivity contribution in [2.24, 2.45) is 0 Å². The Bertz CT molecular complexity index is 758. The number of hydrogen-bond donors (Lipinski definition) is 0. The molecule has 23 heavy (non-hydrogen) atoms. The van der Waals surface area contributed by atoms with Crippen molar-refractivity contribution in [3.05, 3.63) is 35.0 Å². The van der Waals surface area contributed by atoms with Crippen LogP contribution in [0, 0.1) is 0 Å². The second-order valence-electron chi connectivity index (χ2n) is 6.10. The third-order valence-electron chi connectivity index (χ3n) is 4.46. The number of rotatable bonds is 5. The summed E-state index contributed by atoms with van der Waals surface area (Å²) in [6.07, 6.45) is 4.67. The van der Waals surface area contributed by atoms with Crippen molar-refractivity contribution < 1.29 is 14.3 Å². The minimum atomic E-state index is -0.356. The largest absolute Gasteiger partial charge is 0.462 e. The summed E-state index contributed by atoms with van der Waals surface area (Å²) in [5.41, 5.74) is 3.40. The molecule has 0 amide bonds. The molecular weight excluding hydrogens is 290 g/mol. The molecule has 1 aromatic carbocycles. The highest BCUT2D eigenvalue weighted by Crippen LogP contribution is 2.30. The molecule has 4 heteroatoms. The number of carbonyl (C=O) groups is 2. The van der Waals surface area contributed by atoms with Crippen molar-refractivity contribution in [1.82, 2.24) is 4.57 Å². The summed E-state index contributed by atoms with van der Waals surface area (Å²) >= 11 is 0. The van der Waals surface area contributed by atoms with Crippen molar-refractivity contribution in [1.29, 1.82) is 0 Å². The molecule has 0 N–H and O–H groups in total. The number of esters is 1. The van der Waals surface area contributed by atoms with Crippen LogP contribution < -0.4 is 0 Å². The molecule has 0 bridgehead atoms. The molecular formula is C19H23NO3. The number of hydrogen-bond acceptors (Lipinski definition) is 3. The molecule has 122 valence electrons. The van der Waals surface area contributed by atoms with Crippen molar-refractivity contribution in [2.45, 2.75) is 52.5 Å². The van der Waals surface area contributed by atoms with Gasteiger partial charge >= 0.3 is 5.97 Å². The fourth-order valence-electron chi connectivity index (χ4n) is 3.37. The van der Waals surface area contributed by atoms with E-state index in [0.717, 1.165) is 43.1 Å². The third-order valence-corrected chi connectivity index (χ3v) is 4.46. The molecule has 0 radical (unpaired) electrons. The smallest absolute Gasteiger partial charge is 0.338 e. The highest BCUT2D eigenvalue weighted by molar-refractivity contribution is 6.10. The van der Waals surface area contributed by atoms with Gasteiger partial charge in [-0.1, -0.05) is 13.3 Å². The van der Waals surface area contributed by atoms with Crippen LogP contribution in [0.25, 0.3) is 10.9 Å². The van der Waals surface area contributed by atoms with E-state index in [-0.39, 0.29) is 11.8 Å². The zero-order valence-electron chi connectivity index (χ0n) is 13.9. The lowest BCUT2D eigenvalue weighted by molar-refractivity contribution is 0.0526. The molecule has 2 heterocycles. The molecule has 0 saturated carbocycles. The van der Waals surface area contributed by atoms with Crippen LogP contribution in [0.1, 0.15) is 65.9 Å². The third kappa shape index (κ3) is 2.90. The lowest BCUT2D eigenvalue weighted by Gasteiger charge is -2.09. The van der Waals surface area contributed by atoms with Crippen LogP contribution in [-0.4, -0.2) is 22.9 Å². The monoisotopic (exact) mass is 313 g/mol. The number of ketones is 1. The fourth-order valence-corrected chi connectivity index (χ4v) is 3.37. The lowest BCUT2D eigenvalue weighted by atomic mass is 10.0. The molecule has 3 rings (SSSR count).